The van der Waals surface area contributed by atoms with Gasteiger partial charge in [0.1, 0.15) is 9.12 Å². The number of hydrogen-bond donors (Lipinski definition) is 1. The van der Waals surface area contributed by atoms with E-state index in [1.807, 2.05) is 0 Å². The average Bonchev–Trinajstić information content (AvgIpc) is 1.75. The molecule has 0 saturated carbocycles. The molecule has 0 amide bonds. The minimum Gasteiger partial charge on any atom is -0.317 e. The first-order valence-electron chi connectivity index (χ1n) is 2.33. The van der Waals surface area contributed by atoms with Crippen LogP contribution in [0.15, 0.2) is 0 Å². The normalized spacial score (nSPS) is 5.11. The van der Waals surface area contributed by atoms with Crippen molar-refractivity contribution in [2.75, 3.05) is 13.1 Å². The van der Waals surface area contributed by atoms with Gasteiger partial charge in [-0.25, -0.2) is 0 Å². The maximum absolute atomic E-state index is 8.06. The summed E-state index contributed by atoms with van der Waals surface area (Å²) in [6.07, 6.45) is 0. The largest absolute Gasteiger partial charge is 0.317 e. The molecule has 0 radical (unpaired) electrons. The zero-order chi connectivity index (χ0) is 6.12. The highest BCUT2D eigenvalue weighted by Gasteiger charge is 1.62. The van der Waals surface area contributed by atoms with E-state index >= 15 is 0 Å². The zero-order valence-electron chi connectivity index (χ0n) is 5.64. The van der Waals surface area contributed by atoms with Crippen molar-refractivity contribution in [2.24, 2.45) is 0 Å². The molecule has 0 aliphatic rings. The molecule has 0 aliphatic carbocycles. The van der Waals surface area contributed by atoms with Crippen LogP contribution in [0.25, 0.3) is 0 Å². The summed E-state index contributed by atoms with van der Waals surface area (Å²) in [5.74, 6) is 0. The van der Waals surface area contributed by atoms with Gasteiger partial charge in [-0.1, -0.05) is 13.8 Å². The van der Waals surface area contributed by atoms with Gasteiger partial charge in [0, 0.05) is 0 Å². The van der Waals surface area contributed by atoms with Crippen LogP contribution in [-0.4, -0.2) is 13.1 Å². The third kappa shape index (κ3) is 54.7. The van der Waals surface area contributed by atoms with Crippen LogP contribution in [0.4, 0.5) is 0 Å². The molecule has 0 aromatic carbocycles. The first kappa shape index (κ1) is 22.6. The SMILES string of the molecule is CCNCC.Cl.Cl.O=P. The molecule has 9 heavy (non-hydrogen) atoms. The predicted octanol–water partition coefficient (Wildman–Crippen LogP) is 1.93. The van der Waals surface area contributed by atoms with E-state index in [1.54, 1.807) is 9.12 Å². The van der Waals surface area contributed by atoms with Crippen LogP contribution in [0.1, 0.15) is 13.8 Å². The van der Waals surface area contributed by atoms with E-state index < -0.39 is 0 Å². The molecule has 0 aromatic rings. The molecular weight excluding hydrogens is 180 g/mol. The summed E-state index contributed by atoms with van der Waals surface area (Å²) in [6, 6.07) is 0. The van der Waals surface area contributed by atoms with Crippen molar-refractivity contribution >= 4 is 33.9 Å². The van der Waals surface area contributed by atoms with Gasteiger partial charge in [0.05, 0.1) is 0 Å². The summed E-state index contributed by atoms with van der Waals surface area (Å²) in [5, 5.41) is 3.11. The quantitative estimate of drug-likeness (QED) is 0.680. The summed E-state index contributed by atoms with van der Waals surface area (Å²) < 4.78 is 8.06. The van der Waals surface area contributed by atoms with Crippen molar-refractivity contribution in [1.82, 2.24) is 5.32 Å². The molecule has 2 nitrogen and oxygen atoms in total. The van der Waals surface area contributed by atoms with Crippen LogP contribution in [0, 0.1) is 0 Å². The zero-order valence-corrected chi connectivity index (χ0v) is 8.27. The third-order valence-electron chi connectivity index (χ3n) is 0.500. The van der Waals surface area contributed by atoms with Gasteiger partial charge in [-0.15, -0.1) is 24.8 Å². The van der Waals surface area contributed by atoms with Crippen molar-refractivity contribution in [1.29, 1.82) is 0 Å². The lowest BCUT2D eigenvalue weighted by Gasteiger charge is -1.86. The first-order chi connectivity index (χ1) is 3.41. The Balaban J connectivity index is -0.0000000286. The van der Waals surface area contributed by atoms with Crippen LogP contribution >= 0.6 is 33.9 Å². The van der Waals surface area contributed by atoms with Crippen LogP contribution in [-0.2, 0) is 4.57 Å². The van der Waals surface area contributed by atoms with Crippen molar-refractivity contribution in [3.8, 4) is 0 Å². The fourth-order valence-electron chi connectivity index (χ4n) is 0.250. The van der Waals surface area contributed by atoms with E-state index in [1.165, 1.54) is 0 Å². The van der Waals surface area contributed by atoms with E-state index in [9.17, 15) is 0 Å². The Morgan fingerprint density at radius 1 is 1.11 bits per heavy atom. The Bertz CT molecular complexity index is 32.5. The highest BCUT2D eigenvalue weighted by Crippen LogP contribution is 1.47. The fraction of sp³-hybridized carbons (Fsp3) is 1.00. The van der Waals surface area contributed by atoms with Gasteiger partial charge < -0.3 is 5.32 Å². The summed E-state index contributed by atoms with van der Waals surface area (Å²) in [7, 11) is 1.72. The molecule has 60 valence electrons. The molecule has 0 rings (SSSR count). The number of rotatable bonds is 2. The smallest absolute Gasteiger partial charge is 0.138 e. The fourth-order valence-corrected chi connectivity index (χ4v) is 0.250. The lowest BCUT2D eigenvalue weighted by molar-refractivity contribution is 0.607. The molecule has 0 spiro atoms. The molecule has 0 saturated heterocycles. The molecule has 0 atom stereocenters. The second kappa shape index (κ2) is 38.1. The molecule has 5 heteroatoms. The lowest BCUT2D eigenvalue weighted by atomic mass is 10.7. The maximum Gasteiger partial charge on any atom is 0.138 e. The monoisotopic (exact) mass is 193 g/mol. The van der Waals surface area contributed by atoms with Gasteiger partial charge >= 0.3 is 0 Å². The van der Waals surface area contributed by atoms with Gasteiger partial charge in [-0.3, -0.25) is 4.57 Å². The summed E-state index contributed by atoms with van der Waals surface area (Å²) in [4.78, 5) is 0. The molecule has 0 heterocycles. The molecule has 1 N–H and O–H groups in total. The molecule has 0 bridgehead atoms. The first-order valence-corrected chi connectivity index (χ1v) is 2.73. The van der Waals surface area contributed by atoms with Crippen molar-refractivity contribution in [3.05, 3.63) is 0 Å². The van der Waals surface area contributed by atoms with E-state index in [0.29, 0.717) is 0 Å². The Hall–Kier alpha value is 0.640. The molecule has 0 aliphatic heterocycles. The van der Waals surface area contributed by atoms with E-state index in [2.05, 4.69) is 19.2 Å². The van der Waals surface area contributed by atoms with Crippen LogP contribution < -0.4 is 5.32 Å². The van der Waals surface area contributed by atoms with Crippen molar-refractivity contribution < 1.29 is 4.57 Å². The topological polar surface area (TPSA) is 29.1 Å². The predicted molar refractivity (Wildman–Crippen MR) is 47.7 cm³/mol. The van der Waals surface area contributed by atoms with Gasteiger partial charge in [-0.2, -0.15) is 0 Å². The van der Waals surface area contributed by atoms with Gasteiger partial charge in [-0.05, 0) is 13.1 Å². The van der Waals surface area contributed by atoms with Crippen molar-refractivity contribution in [3.63, 3.8) is 0 Å². The van der Waals surface area contributed by atoms with Crippen molar-refractivity contribution in [2.45, 2.75) is 13.8 Å². The standard InChI is InChI=1S/C4H11N.2ClH.HOP/c1-3-5-4-2;;;1-2/h5H,3-4H2,1-2H3;2*1H;2H. The summed E-state index contributed by atoms with van der Waals surface area (Å²) >= 11 is 0. The Morgan fingerprint density at radius 2 is 1.33 bits per heavy atom. The third-order valence-corrected chi connectivity index (χ3v) is 0.500. The van der Waals surface area contributed by atoms with E-state index in [4.69, 9.17) is 4.57 Å². The summed E-state index contributed by atoms with van der Waals surface area (Å²) in [6.45, 7) is 6.39. The number of nitrogens with one attached hydrogen (secondary N) is 1. The Labute approximate surface area is 71.2 Å². The van der Waals surface area contributed by atoms with E-state index in [-0.39, 0.29) is 24.8 Å². The molecular formula is C4H14Cl2NOP. The van der Waals surface area contributed by atoms with E-state index in [0.717, 1.165) is 13.1 Å². The van der Waals surface area contributed by atoms with Gasteiger partial charge in [0.2, 0.25) is 0 Å². The highest BCUT2D eigenvalue weighted by atomic mass is 35.5. The minimum absolute atomic E-state index is 0. The number of hydrogen-bond acceptors (Lipinski definition) is 2. The highest BCUT2D eigenvalue weighted by molar-refractivity contribution is 7.00. The second-order valence-electron chi connectivity index (χ2n) is 0.957. The summed E-state index contributed by atoms with van der Waals surface area (Å²) in [5.41, 5.74) is 0. The Kier molecular flexibility index (Phi) is 95.7. The maximum atomic E-state index is 8.06. The van der Waals surface area contributed by atoms with Gasteiger partial charge in [0.15, 0.2) is 0 Å². The van der Waals surface area contributed by atoms with Crippen LogP contribution in [0.2, 0.25) is 0 Å². The lowest BCUT2D eigenvalue weighted by Crippen LogP contribution is -2.09. The minimum atomic E-state index is 0. The second-order valence-corrected chi connectivity index (χ2v) is 0.957. The number of halogens is 2. The van der Waals surface area contributed by atoms with Crippen LogP contribution in [0.3, 0.4) is 0 Å². The molecule has 0 unspecified atom stereocenters. The Morgan fingerprint density at radius 3 is 1.33 bits per heavy atom. The molecule has 0 fully saturated rings. The van der Waals surface area contributed by atoms with Gasteiger partial charge in [0.25, 0.3) is 0 Å². The average molecular weight is 194 g/mol. The van der Waals surface area contributed by atoms with Crippen LogP contribution in [0.5, 0.6) is 0 Å². The molecule has 0 aromatic heterocycles.